The number of hydrogen-bond acceptors (Lipinski definition) is 1. The van der Waals surface area contributed by atoms with Gasteiger partial charge in [-0.15, -0.1) is 11.3 Å². The van der Waals surface area contributed by atoms with Crippen molar-refractivity contribution in [3.63, 3.8) is 0 Å². The van der Waals surface area contributed by atoms with Crippen molar-refractivity contribution in [3.8, 4) is 0 Å². The van der Waals surface area contributed by atoms with Crippen LogP contribution in [0.5, 0.6) is 0 Å². The fourth-order valence-corrected chi connectivity index (χ4v) is 2.31. The Labute approximate surface area is 83.0 Å². The number of aryl methyl sites for hydroxylation is 1. The molecule has 0 aliphatic rings. The molecule has 1 aromatic carbocycles. The Morgan fingerprint density at radius 1 is 1.21 bits per heavy atom. The molecule has 0 fully saturated rings. The van der Waals surface area contributed by atoms with E-state index in [1.807, 2.05) is 6.07 Å². The summed E-state index contributed by atoms with van der Waals surface area (Å²) in [6.45, 7) is 1.79. The molecule has 1 aromatic heterocycles. The lowest BCUT2D eigenvalue weighted by Gasteiger charge is -2.04. The van der Waals surface area contributed by atoms with Gasteiger partial charge in [-0.3, -0.25) is 0 Å². The predicted octanol–water partition coefficient (Wildman–Crippen LogP) is 4.23. The summed E-state index contributed by atoms with van der Waals surface area (Å²) in [4.78, 5) is 0. The van der Waals surface area contributed by atoms with Gasteiger partial charge in [-0.25, -0.2) is 0 Å². The van der Waals surface area contributed by atoms with E-state index in [1.165, 1.54) is 5.38 Å². The van der Waals surface area contributed by atoms with Gasteiger partial charge in [0.25, 0.3) is 0 Å². The van der Waals surface area contributed by atoms with Crippen LogP contribution in [0.1, 0.15) is 11.1 Å². The van der Waals surface area contributed by atoms with E-state index in [2.05, 4.69) is 0 Å². The Kier molecular flexibility index (Phi) is 2.03. The summed E-state index contributed by atoms with van der Waals surface area (Å²) >= 11 is 1.13. The second-order valence-corrected chi connectivity index (χ2v) is 4.06. The minimum atomic E-state index is -4.24. The van der Waals surface area contributed by atoms with Gasteiger partial charge < -0.3 is 0 Å². The lowest BCUT2D eigenvalue weighted by atomic mass is 10.1. The third kappa shape index (κ3) is 1.50. The molecule has 0 nitrogen and oxygen atoms in total. The average molecular weight is 216 g/mol. The van der Waals surface area contributed by atoms with Crippen molar-refractivity contribution in [2.75, 3.05) is 0 Å². The molecular weight excluding hydrogens is 209 g/mol. The summed E-state index contributed by atoms with van der Waals surface area (Å²) in [5.41, 5.74) is 0.322. The molecule has 0 aliphatic heterocycles. The van der Waals surface area contributed by atoms with Crippen LogP contribution < -0.4 is 0 Å². The Balaban J connectivity index is 2.73. The smallest absolute Gasteiger partial charge is 0.166 e. The van der Waals surface area contributed by atoms with Crippen LogP contribution in [0.15, 0.2) is 23.6 Å². The van der Waals surface area contributed by atoms with E-state index in [4.69, 9.17) is 0 Å². The lowest BCUT2D eigenvalue weighted by Crippen LogP contribution is -2.03. The number of benzene rings is 1. The number of hydrogen-bond donors (Lipinski definition) is 0. The Morgan fingerprint density at radius 3 is 2.57 bits per heavy atom. The van der Waals surface area contributed by atoms with Crippen LogP contribution in [-0.2, 0) is 6.18 Å². The van der Waals surface area contributed by atoms with E-state index in [0.717, 1.165) is 16.9 Å². The van der Waals surface area contributed by atoms with Crippen LogP contribution in [0.3, 0.4) is 0 Å². The molecule has 14 heavy (non-hydrogen) atoms. The summed E-state index contributed by atoms with van der Waals surface area (Å²) in [6.07, 6.45) is -4.24. The molecule has 0 N–H and O–H groups in total. The molecular formula is C10H7F3S. The first-order valence-corrected chi connectivity index (χ1v) is 4.91. The van der Waals surface area contributed by atoms with Crippen molar-refractivity contribution in [2.45, 2.75) is 13.1 Å². The van der Waals surface area contributed by atoms with E-state index >= 15 is 0 Å². The first-order valence-electron chi connectivity index (χ1n) is 4.03. The maximum absolute atomic E-state index is 12.5. The van der Waals surface area contributed by atoms with E-state index in [9.17, 15) is 13.2 Å². The zero-order valence-corrected chi connectivity index (χ0v) is 8.17. The van der Waals surface area contributed by atoms with Gasteiger partial charge in [0.1, 0.15) is 0 Å². The van der Waals surface area contributed by atoms with Gasteiger partial charge in [-0.1, -0.05) is 11.6 Å². The molecule has 0 aliphatic carbocycles. The molecule has 0 saturated carbocycles. The first-order chi connectivity index (χ1) is 6.48. The predicted molar refractivity (Wildman–Crippen MR) is 51.6 cm³/mol. The molecule has 0 spiro atoms. The Hall–Kier alpha value is -1.03. The number of thiophene rings is 1. The van der Waals surface area contributed by atoms with Gasteiger partial charge in [-0.2, -0.15) is 13.2 Å². The fourth-order valence-electron chi connectivity index (χ4n) is 1.36. The molecule has 4 heteroatoms. The van der Waals surface area contributed by atoms with Gasteiger partial charge >= 0.3 is 6.18 Å². The summed E-state index contributed by atoms with van der Waals surface area (Å²) in [5, 5.41) is 1.48. The van der Waals surface area contributed by atoms with Crippen molar-refractivity contribution in [2.24, 2.45) is 0 Å². The van der Waals surface area contributed by atoms with E-state index in [1.54, 1.807) is 19.1 Å². The molecule has 0 radical (unpaired) electrons. The molecule has 74 valence electrons. The molecule has 0 saturated heterocycles. The molecule has 1 heterocycles. The molecule has 0 bridgehead atoms. The largest absolute Gasteiger partial charge is 0.417 e. The highest BCUT2D eigenvalue weighted by molar-refractivity contribution is 7.17. The molecule has 2 aromatic rings. The van der Waals surface area contributed by atoms with Crippen LogP contribution in [0, 0.1) is 6.92 Å². The number of rotatable bonds is 0. The van der Waals surface area contributed by atoms with Crippen molar-refractivity contribution in [1.29, 1.82) is 0 Å². The Morgan fingerprint density at radius 2 is 1.93 bits per heavy atom. The standard InChI is InChI=1S/C10H7F3S/c1-6-2-3-9-7(4-6)8(5-14-9)10(11,12)13/h2-5H,1H3. The van der Waals surface area contributed by atoms with Crippen molar-refractivity contribution in [1.82, 2.24) is 0 Å². The van der Waals surface area contributed by atoms with Gasteiger partial charge in [0.15, 0.2) is 0 Å². The number of fused-ring (bicyclic) bond motifs is 1. The zero-order chi connectivity index (χ0) is 10.3. The van der Waals surface area contributed by atoms with Crippen LogP contribution >= 0.6 is 11.3 Å². The third-order valence-electron chi connectivity index (χ3n) is 2.03. The molecule has 0 amide bonds. The van der Waals surface area contributed by atoms with Crippen molar-refractivity contribution >= 4 is 21.4 Å². The van der Waals surface area contributed by atoms with Gasteiger partial charge in [0.2, 0.25) is 0 Å². The van der Waals surface area contributed by atoms with Crippen LogP contribution in [0.25, 0.3) is 10.1 Å². The maximum atomic E-state index is 12.5. The molecule has 0 atom stereocenters. The quantitative estimate of drug-likeness (QED) is 0.618. The highest BCUT2D eigenvalue weighted by Gasteiger charge is 2.33. The highest BCUT2D eigenvalue weighted by atomic mass is 32.1. The first kappa shape index (κ1) is 9.52. The highest BCUT2D eigenvalue weighted by Crippen LogP contribution is 2.38. The zero-order valence-electron chi connectivity index (χ0n) is 7.35. The second-order valence-electron chi connectivity index (χ2n) is 3.15. The number of halogens is 3. The van der Waals surface area contributed by atoms with E-state index in [0.29, 0.717) is 10.1 Å². The minimum Gasteiger partial charge on any atom is -0.166 e. The number of alkyl halides is 3. The van der Waals surface area contributed by atoms with Gasteiger partial charge in [0.05, 0.1) is 5.56 Å². The third-order valence-corrected chi connectivity index (χ3v) is 3.00. The summed E-state index contributed by atoms with van der Waals surface area (Å²) in [5.74, 6) is 0. The summed E-state index contributed by atoms with van der Waals surface area (Å²) < 4.78 is 38.2. The van der Waals surface area contributed by atoms with Crippen LogP contribution in [0.2, 0.25) is 0 Å². The summed E-state index contributed by atoms with van der Waals surface area (Å²) in [7, 11) is 0. The molecule has 0 unspecified atom stereocenters. The summed E-state index contributed by atoms with van der Waals surface area (Å²) in [6, 6.07) is 5.12. The Bertz CT molecular complexity index is 468. The van der Waals surface area contributed by atoms with E-state index < -0.39 is 11.7 Å². The SMILES string of the molecule is Cc1ccc2scc(C(F)(F)F)c2c1. The van der Waals surface area contributed by atoms with Crippen LogP contribution in [0.4, 0.5) is 13.2 Å². The van der Waals surface area contributed by atoms with Gasteiger partial charge in [-0.05, 0) is 19.1 Å². The maximum Gasteiger partial charge on any atom is 0.417 e. The van der Waals surface area contributed by atoms with Crippen molar-refractivity contribution < 1.29 is 13.2 Å². The lowest BCUT2D eigenvalue weighted by molar-refractivity contribution is -0.136. The normalized spacial score (nSPS) is 12.3. The molecule has 2 rings (SSSR count). The van der Waals surface area contributed by atoms with Crippen molar-refractivity contribution in [3.05, 3.63) is 34.7 Å². The average Bonchev–Trinajstić information content (AvgIpc) is 2.45. The minimum absolute atomic E-state index is 0.308. The second kappa shape index (κ2) is 2.98. The van der Waals surface area contributed by atoms with Gasteiger partial charge in [0, 0.05) is 15.5 Å². The fraction of sp³-hybridized carbons (Fsp3) is 0.200. The van der Waals surface area contributed by atoms with E-state index in [-0.39, 0.29) is 0 Å². The topological polar surface area (TPSA) is 0 Å². The monoisotopic (exact) mass is 216 g/mol. The van der Waals surface area contributed by atoms with Crippen LogP contribution in [-0.4, -0.2) is 0 Å².